The van der Waals surface area contributed by atoms with Gasteiger partial charge in [0.2, 0.25) is 5.91 Å². The molecule has 1 rings (SSSR count). The first-order valence-electron chi connectivity index (χ1n) is 9.00. The number of hydrogen-bond donors (Lipinski definition) is 0. The van der Waals surface area contributed by atoms with Crippen molar-refractivity contribution in [1.29, 1.82) is 0 Å². The first kappa shape index (κ1) is 21.7. The summed E-state index contributed by atoms with van der Waals surface area (Å²) in [6.07, 6.45) is 1.90. The second kappa shape index (κ2) is 10.6. The van der Waals surface area contributed by atoms with Crippen LogP contribution >= 0.6 is 0 Å². The Hall–Kier alpha value is -1.34. The minimum atomic E-state index is -0.479. The van der Waals surface area contributed by atoms with Gasteiger partial charge >= 0.3 is 6.09 Å². The zero-order valence-electron chi connectivity index (χ0n) is 16.4. The molecule has 0 spiro atoms. The molecule has 7 heteroatoms. The Bertz CT molecular complexity index is 406. The van der Waals surface area contributed by atoms with E-state index in [-0.39, 0.29) is 12.0 Å². The number of piperidine rings is 1. The van der Waals surface area contributed by atoms with Crippen molar-refractivity contribution < 1.29 is 23.8 Å². The van der Waals surface area contributed by atoms with Crippen molar-refractivity contribution in [2.45, 2.75) is 45.6 Å². The molecule has 0 aliphatic carbocycles. The summed E-state index contributed by atoms with van der Waals surface area (Å²) in [5.41, 5.74) is -0.479. The number of hydrogen-bond acceptors (Lipinski definition) is 5. The Balaban J connectivity index is 2.42. The molecule has 0 atom stereocenters. The summed E-state index contributed by atoms with van der Waals surface area (Å²) in [6, 6.07) is 0. The van der Waals surface area contributed by atoms with Crippen molar-refractivity contribution in [2.75, 3.05) is 53.6 Å². The number of carbonyl (C=O) groups is 2. The maximum Gasteiger partial charge on any atom is 0.410 e. The lowest BCUT2D eigenvalue weighted by molar-refractivity contribution is -0.133. The normalized spacial score (nSPS) is 16.0. The lowest BCUT2D eigenvalue weighted by Crippen LogP contribution is -2.43. The summed E-state index contributed by atoms with van der Waals surface area (Å²) >= 11 is 0. The monoisotopic (exact) mass is 358 g/mol. The van der Waals surface area contributed by atoms with Crippen molar-refractivity contribution in [3.63, 3.8) is 0 Å². The number of likely N-dealkylation sites (tertiary alicyclic amines) is 1. The van der Waals surface area contributed by atoms with Gasteiger partial charge in [0.05, 0.1) is 13.2 Å². The van der Waals surface area contributed by atoms with E-state index >= 15 is 0 Å². The van der Waals surface area contributed by atoms with Crippen LogP contribution in [0.4, 0.5) is 4.79 Å². The number of carbonyl (C=O) groups excluding carboxylic acids is 2. The fourth-order valence-corrected chi connectivity index (χ4v) is 2.79. The van der Waals surface area contributed by atoms with Crippen LogP contribution < -0.4 is 0 Å². The smallest absolute Gasteiger partial charge is 0.410 e. The first-order valence-corrected chi connectivity index (χ1v) is 9.00. The third-order valence-electron chi connectivity index (χ3n) is 4.21. The van der Waals surface area contributed by atoms with E-state index in [1.165, 1.54) is 0 Å². The van der Waals surface area contributed by atoms with Crippen molar-refractivity contribution in [1.82, 2.24) is 9.80 Å². The molecule has 7 nitrogen and oxygen atoms in total. The van der Waals surface area contributed by atoms with Crippen LogP contribution in [0, 0.1) is 5.92 Å². The summed E-state index contributed by atoms with van der Waals surface area (Å²) < 4.78 is 15.6. The van der Waals surface area contributed by atoms with Gasteiger partial charge in [-0.25, -0.2) is 4.79 Å². The molecule has 0 unspecified atom stereocenters. The minimum Gasteiger partial charge on any atom is -0.444 e. The van der Waals surface area contributed by atoms with Crippen LogP contribution in [0.3, 0.4) is 0 Å². The number of ether oxygens (including phenoxy) is 3. The molecule has 0 bridgehead atoms. The average molecular weight is 358 g/mol. The van der Waals surface area contributed by atoms with Gasteiger partial charge in [0, 0.05) is 46.8 Å². The van der Waals surface area contributed by atoms with Crippen molar-refractivity contribution >= 4 is 12.0 Å². The van der Waals surface area contributed by atoms with Gasteiger partial charge in [0.15, 0.2) is 0 Å². The highest BCUT2D eigenvalue weighted by Gasteiger charge is 2.28. The second-order valence-corrected chi connectivity index (χ2v) is 7.48. The topological polar surface area (TPSA) is 68.3 Å². The quantitative estimate of drug-likeness (QED) is 0.665. The summed E-state index contributed by atoms with van der Waals surface area (Å²) in [6.45, 7) is 9.08. The summed E-state index contributed by atoms with van der Waals surface area (Å²) in [5, 5.41) is 0. The Kier molecular flexibility index (Phi) is 9.21. The van der Waals surface area contributed by atoms with Crippen LogP contribution in [0.2, 0.25) is 0 Å². The predicted molar refractivity (Wildman–Crippen MR) is 95.5 cm³/mol. The highest BCUT2D eigenvalue weighted by atomic mass is 16.6. The third kappa shape index (κ3) is 8.54. The summed E-state index contributed by atoms with van der Waals surface area (Å²) in [7, 11) is 3.26. The molecular formula is C18H34N2O5. The number of rotatable bonds is 8. The van der Waals surface area contributed by atoms with Crippen molar-refractivity contribution in [2.24, 2.45) is 5.92 Å². The van der Waals surface area contributed by atoms with Crippen LogP contribution in [0.25, 0.3) is 0 Å². The average Bonchev–Trinajstić information content (AvgIpc) is 2.54. The molecule has 1 fully saturated rings. The Labute approximate surface area is 151 Å². The van der Waals surface area contributed by atoms with Gasteiger partial charge in [-0.15, -0.1) is 0 Å². The van der Waals surface area contributed by atoms with Gasteiger partial charge in [0.1, 0.15) is 5.60 Å². The highest BCUT2D eigenvalue weighted by molar-refractivity contribution is 5.76. The maximum atomic E-state index is 12.5. The van der Waals surface area contributed by atoms with E-state index in [0.29, 0.717) is 51.7 Å². The lowest BCUT2D eigenvalue weighted by Gasteiger charge is -2.34. The minimum absolute atomic E-state index is 0.129. The van der Waals surface area contributed by atoms with Crippen LogP contribution in [0.1, 0.15) is 40.0 Å². The Morgan fingerprint density at radius 3 is 2.00 bits per heavy atom. The van der Waals surface area contributed by atoms with Crippen LogP contribution in [0.15, 0.2) is 0 Å². The van der Waals surface area contributed by atoms with Crippen LogP contribution in [-0.2, 0) is 19.0 Å². The first-order chi connectivity index (χ1) is 11.8. The van der Waals surface area contributed by atoms with Crippen molar-refractivity contribution in [3.05, 3.63) is 0 Å². The number of amides is 2. The van der Waals surface area contributed by atoms with Gasteiger partial charge in [-0.3, -0.25) is 4.79 Å². The van der Waals surface area contributed by atoms with Gasteiger partial charge in [-0.1, -0.05) is 0 Å². The van der Waals surface area contributed by atoms with E-state index in [1.807, 2.05) is 20.8 Å². The van der Waals surface area contributed by atoms with Gasteiger partial charge < -0.3 is 24.0 Å². The second-order valence-electron chi connectivity index (χ2n) is 7.48. The molecule has 1 heterocycles. The predicted octanol–water partition coefficient (Wildman–Crippen LogP) is 2.14. The van der Waals surface area contributed by atoms with E-state index in [1.54, 1.807) is 24.0 Å². The lowest BCUT2D eigenvalue weighted by atomic mass is 9.93. The Morgan fingerprint density at radius 1 is 1.04 bits per heavy atom. The summed E-state index contributed by atoms with van der Waals surface area (Å²) in [5.74, 6) is 0.434. The fraction of sp³-hybridized carbons (Fsp3) is 0.889. The fourth-order valence-electron chi connectivity index (χ4n) is 2.79. The molecule has 1 aliphatic heterocycles. The van der Waals surface area contributed by atoms with Gasteiger partial charge in [-0.2, -0.15) is 0 Å². The zero-order valence-corrected chi connectivity index (χ0v) is 16.4. The molecule has 0 aromatic heterocycles. The molecule has 0 aromatic carbocycles. The van der Waals surface area contributed by atoms with Gasteiger partial charge in [-0.05, 0) is 39.5 Å². The SMILES string of the molecule is COCCN(CCOC)C(=O)CC1CCN(C(=O)OC(C)(C)C)CC1. The van der Waals surface area contributed by atoms with Crippen LogP contribution in [0.5, 0.6) is 0 Å². The molecule has 1 saturated heterocycles. The van der Waals surface area contributed by atoms with Gasteiger partial charge in [0.25, 0.3) is 0 Å². The molecule has 0 radical (unpaired) electrons. The molecule has 1 aliphatic rings. The number of nitrogens with zero attached hydrogens (tertiary/aromatic N) is 2. The number of methoxy groups -OCH3 is 2. The maximum absolute atomic E-state index is 12.5. The molecule has 2 amide bonds. The van der Waals surface area contributed by atoms with E-state index in [4.69, 9.17) is 14.2 Å². The molecule has 0 saturated carbocycles. The largest absolute Gasteiger partial charge is 0.444 e. The van der Waals surface area contributed by atoms with E-state index < -0.39 is 5.60 Å². The van der Waals surface area contributed by atoms with E-state index in [0.717, 1.165) is 12.8 Å². The highest BCUT2D eigenvalue weighted by Crippen LogP contribution is 2.23. The Morgan fingerprint density at radius 2 is 1.56 bits per heavy atom. The standard InChI is InChI=1S/C18H34N2O5/c1-18(2,3)25-17(22)20-8-6-15(7-9-20)14-16(21)19(10-12-23-4)11-13-24-5/h15H,6-14H2,1-5H3. The van der Waals surface area contributed by atoms with Crippen molar-refractivity contribution in [3.8, 4) is 0 Å². The van der Waals surface area contributed by atoms with E-state index in [2.05, 4.69) is 0 Å². The molecule has 0 N–H and O–H groups in total. The molecular weight excluding hydrogens is 324 g/mol. The molecule has 0 aromatic rings. The molecule has 146 valence electrons. The zero-order chi connectivity index (χ0) is 18.9. The van der Waals surface area contributed by atoms with E-state index in [9.17, 15) is 9.59 Å². The van der Waals surface area contributed by atoms with Crippen LogP contribution in [-0.4, -0.2) is 81.0 Å². The third-order valence-corrected chi connectivity index (χ3v) is 4.21. The molecule has 25 heavy (non-hydrogen) atoms. The summed E-state index contributed by atoms with van der Waals surface area (Å²) in [4.78, 5) is 28.2.